The van der Waals surface area contributed by atoms with Crippen LogP contribution in [0.3, 0.4) is 0 Å². The molecule has 156 valence electrons. The number of carbonyl (C=O) groups is 1. The van der Waals surface area contributed by atoms with Gasteiger partial charge in [-0.3, -0.25) is 4.79 Å². The average Bonchev–Trinajstić information content (AvgIpc) is 3.26. The van der Waals surface area contributed by atoms with E-state index in [2.05, 4.69) is 5.32 Å². The van der Waals surface area contributed by atoms with Gasteiger partial charge in [0.1, 0.15) is 35.9 Å². The van der Waals surface area contributed by atoms with Crippen molar-refractivity contribution in [3.8, 4) is 11.5 Å². The molecule has 2 aromatic rings. The normalized spacial score (nSPS) is 31.6. The zero-order valence-electron chi connectivity index (χ0n) is 16.0. The van der Waals surface area contributed by atoms with E-state index in [0.29, 0.717) is 17.3 Å². The van der Waals surface area contributed by atoms with E-state index in [4.69, 9.17) is 28.1 Å². The molecule has 0 unspecified atom stereocenters. The number of carbonyl (C=O) groups excluding carboxylic acids is 1. The maximum Gasteiger partial charge on any atom is 0.223 e. The van der Waals surface area contributed by atoms with Crippen molar-refractivity contribution in [2.45, 2.75) is 43.9 Å². The zero-order valence-corrected chi connectivity index (χ0v) is 16.0. The molecule has 1 amide bonds. The minimum atomic E-state index is -1.08. The third kappa shape index (κ3) is 4.23. The smallest absolute Gasteiger partial charge is 0.223 e. The van der Waals surface area contributed by atoms with Gasteiger partial charge in [-0.1, -0.05) is 0 Å². The molecule has 1 aromatic carbocycles. The second-order valence-corrected chi connectivity index (χ2v) is 6.83. The summed E-state index contributed by atoms with van der Waals surface area (Å²) >= 11 is 0. The number of furan rings is 1. The molecule has 0 saturated carbocycles. The van der Waals surface area contributed by atoms with E-state index < -0.39 is 36.9 Å². The fourth-order valence-corrected chi connectivity index (χ4v) is 3.44. The Balaban J connectivity index is 1.51. The highest BCUT2D eigenvalue weighted by atomic mass is 16.8. The summed E-state index contributed by atoms with van der Waals surface area (Å²) in [6, 6.07) is 9.52. The highest BCUT2D eigenvalue weighted by Crippen LogP contribution is 2.35. The summed E-state index contributed by atoms with van der Waals surface area (Å²) in [5.74, 6) is 1.35. The molecular formula is C20H23NO8. The van der Waals surface area contributed by atoms with E-state index in [-0.39, 0.29) is 12.5 Å². The van der Waals surface area contributed by atoms with Crippen LogP contribution >= 0.6 is 0 Å². The molecule has 2 saturated heterocycles. The second kappa shape index (κ2) is 8.42. The molecule has 2 fully saturated rings. The maximum atomic E-state index is 11.7. The van der Waals surface area contributed by atoms with Gasteiger partial charge in [0.25, 0.3) is 0 Å². The monoisotopic (exact) mass is 405 g/mol. The Hall–Kier alpha value is -2.59. The van der Waals surface area contributed by atoms with Gasteiger partial charge >= 0.3 is 0 Å². The molecule has 2 N–H and O–H groups in total. The van der Waals surface area contributed by atoms with Crippen LogP contribution < -0.4 is 14.8 Å². The van der Waals surface area contributed by atoms with Crippen LogP contribution in [0.1, 0.15) is 19.0 Å². The number of methoxy groups -OCH3 is 1. The van der Waals surface area contributed by atoms with Crippen LogP contribution in [0.2, 0.25) is 0 Å². The molecule has 1 aromatic heterocycles. The number of aliphatic hydroxyl groups excluding tert-OH is 1. The lowest BCUT2D eigenvalue weighted by Crippen LogP contribution is -2.67. The largest absolute Gasteiger partial charge is 0.497 e. The number of benzene rings is 1. The molecule has 0 spiro atoms. The highest BCUT2D eigenvalue weighted by molar-refractivity contribution is 5.73. The minimum absolute atomic E-state index is 0.169. The van der Waals surface area contributed by atoms with Gasteiger partial charge in [-0.25, -0.2) is 0 Å². The topological polar surface area (TPSA) is 109 Å². The van der Waals surface area contributed by atoms with Crippen LogP contribution in [0.5, 0.6) is 11.5 Å². The summed E-state index contributed by atoms with van der Waals surface area (Å²) in [5, 5.41) is 13.7. The lowest BCUT2D eigenvalue weighted by atomic mass is 9.96. The number of nitrogens with one attached hydrogen (secondary N) is 1. The van der Waals surface area contributed by atoms with Crippen molar-refractivity contribution in [1.82, 2.24) is 5.32 Å². The molecule has 0 bridgehead atoms. The Morgan fingerprint density at radius 3 is 2.59 bits per heavy atom. The Kier molecular flexibility index (Phi) is 5.72. The Labute approximate surface area is 167 Å². The van der Waals surface area contributed by atoms with E-state index in [1.807, 2.05) is 0 Å². The molecule has 29 heavy (non-hydrogen) atoms. The van der Waals surface area contributed by atoms with E-state index >= 15 is 0 Å². The number of rotatable bonds is 5. The fourth-order valence-electron chi connectivity index (χ4n) is 3.44. The molecule has 4 rings (SSSR count). The molecule has 9 heteroatoms. The molecule has 6 atom stereocenters. The molecule has 2 aliphatic heterocycles. The van der Waals surface area contributed by atoms with Crippen LogP contribution in [-0.4, -0.2) is 55.4 Å². The summed E-state index contributed by atoms with van der Waals surface area (Å²) in [6.45, 7) is 1.53. The van der Waals surface area contributed by atoms with Crippen molar-refractivity contribution >= 4 is 5.91 Å². The van der Waals surface area contributed by atoms with E-state index in [1.165, 1.54) is 13.2 Å². The third-order valence-corrected chi connectivity index (χ3v) is 4.82. The van der Waals surface area contributed by atoms with Crippen LogP contribution in [0, 0.1) is 0 Å². The summed E-state index contributed by atoms with van der Waals surface area (Å²) in [4.78, 5) is 11.7. The van der Waals surface area contributed by atoms with Gasteiger partial charge in [-0.15, -0.1) is 0 Å². The van der Waals surface area contributed by atoms with Gasteiger partial charge in [-0.2, -0.15) is 0 Å². The molecular weight excluding hydrogens is 382 g/mol. The van der Waals surface area contributed by atoms with E-state index in [0.717, 1.165) is 0 Å². The lowest BCUT2D eigenvalue weighted by Gasteiger charge is -2.47. The Morgan fingerprint density at radius 1 is 1.17 bits per heavy atom. The summed E-state index contributed by atoms with van der Waals surface area (Å²) in [6.07, 6.45) is -2.57. The standard InChI is InChI=1S/C20H23NO8/c1-11(22)21-16-17(23)18-15(10-26-19(29-18)14-4-3-9-25-14)28-20(16)27-13-7-5-12(24-2)6-8-13/h3-9,15-20,23H,10H2,1-2H3,(H,21,22)/t15-,16-,17-,18+,19+,20+/m1/s1. The number of aliphatic hydroxyl groups is 1. The van der Waals surface area contributed by atoms with Gasteiger partial charge in [0.15, 0.2) is 5.76 Å². The van der Waals surface area contributed by atoms with Crippen molar-refractivity contribution < 1.29 is 38.0 Å². The fraction of sp³-hybridized carbons (Fsp3) is 0.450. The summed E-state index contributed by atoms with van der Waals surface area (Å²) < 4.78 is 33.9. The van der Waals surface area contributed by atoms with Gasteiger partial charge in [0.2, 0.25) is 18.5 Å². The molecule has 0 radical (unpaired) electrons. The molecule has 9 nitrogen and oxygen atoms in total. The number of hydrogen-bond donors (Lipinski definition) is 2. The van der Waals surface area contributed by atoms with Gasteiger partial charge < -0.3 is 38.5 Å². The molecule has 0 aliphatic carbocycles. The molecule has 2 aliphatic rings. The van der Waals surface area contributed by atoms with Crippen LogP contribution in [0.15, 0.2) is 47.1 Å². The summed E-state index contributed by atoms with van der Waals surface area (Å²) in [5.41, 5.74) is 0. The van der Waals surface area contributed by atoms with Crippen molar-refractivity contribution in [3.05, 3.63) is 48.4 Å². The first-order chi connectivity index (χ1) is 14.0. The SMILES string of the molecule is COc1ccc(O[C@H]2O[C@@H]3CO[C@H](c4ccco4)O[C@@H]3[C@H](O)[C@H]2NC(C)=O)cc1. The average molecular weight is 405 g/mol. The van der Waals surface area contributed by atoms with Gasteiger partial charge in [-0.05, 0) is 36.4 Å². The van der Waals surface area contributed by atoms with Crippen molar-refractivity contribution in [1.29, 1.82) is 0 Å². The van der Waals surface area contributed by atoms with Gasteiger partial charge in [0.05, 0.1) is 20.0 Å². The van der Waals surface area contributed by atoms with E-state index in [1.54, 1.807) is 43.5 Å². The number of hydrogen-bond acceptors (Lipinski definition) is 8. The quantitative estimate of drug-likeness (QED) is 0.768. The number of amides is 1. The van der Waals surface area contributed by atoms with Crippen LogP contribution in [0.4, 0.5) is 0 Å². The first-order valence-corrected chi connectivity index (χ1v) is 9.27. The lowest BCUT2D eigenvalue weighted by molar-refractivity contribution is -0.336. The van der Waals surface area contributed by atoms with Crippen LogP contribution in [-0.2, 0) is 19.0 Å². The predicted octanol–water partition coefficient (Wildman–Crippen LogP) is 1.37. The van der Waals surface area contributed by atoms with E-state index in [9.17, 15) is 9.90 Å². The number of ether oxygens (including phenoxy) is 5. The first-order valence-electron chi connectivity index (χ1n) is 9.27. The van der Waals surface area contributed by atoms with Gasteiger partial charge in [0, 0.05) is 6.92 Å². The van der Waals surface area contributed by atoms with Crippen molar-refractivity contribution in [2.24, 2.45) is 0 Å². The number of fused-ring (bicyclic) bond motifs is 1. The zero-order chi connectivity index (χ0) is 20.4. The predicted molar refractivity (Wildman–Crippen MR) is 98.2 cm³/mol. The first kappa shape index (κ1) is 19.7. The van der Waals surface area contributed by atoms with Crippen molar-refractivity contribution in [2.75, 3.05) is 13.7 Å². The summed E-state index contributed by atoms with van der Waals surface area (Å²) in [7, 11) is 1.57. The highest BCUT2D eigenvalue weighted by Gasteiger charge is 2.51. The Bertz CT molecular complexity index is 808. The Morgan fingerprint density at radius 2 is 1.93 bits per heavy atom. The maximum absolute atomic E-state index is 11.7. The molecule has 3 heterocycles. The minimum Gasteiger partial charge on any atom is -0.497 e. The van der Waals surface area contributed by atoms with Crippen LogP contribution in [0.25, 0.3) is 0 Å². The third-order valence-electron chi connectivity index (χ3n) is 4.82. The van der Waals surface area contributed by atoms with Crippen molar-refractivity contribution in [3.63, 3.8) is 0 Å². The second-order valence-electron chi connectivity index (χ2n) is 6.83.